The normalized spacial score (nSPS) is 56.8. The van der Waals surface area contributed by atoms with E-state index in [9.17, 15) is 5.11 Å². The van der Waals surface area contributed by atoms with Gasteiger partial charge in [0.1, 0.15) is 0 Å². The molecule has 4 rings (SSSR count). The van der Waals surface area contributed by atoms with Crippen LogP contribution in [0.4, 0.5) is 0 Å². The van der Waals surface area contributed by atoms with Crippen molar-refractivity contribution in [3.8, 4) is 0 Å². The van der Waals surface area contributed by atoms with Crippen LogP contribution >= 0.6 is 0 Å². The second kappa shape index (κ2) is 4.46. The Kier molecular flexibility index (Phi) is 2.88. The Labute approximate surface area is 128 Å². The van der Waals surface area contributed by atoms with Crippen molar-refractivity contribution < 1.29 is 5.11 Å². The van der Waals surface area contributed by atoms with Gasteiger partial charge in [0.2, 0.25) is 0 Å². The predicted molar refractivity (Wildman–Crippen MR) is 86.5 cm³/mol. The minimum atomic E-state index is -0.525. The van der Waals surface area contributed by atoms with E-state index in [-0.39, 0.29) is 0 Å². The van der Waals surface area contributed by atoms with Crippen molar-refractivity contribution in [3.05, 3.63) is 50.1 Å². The van der Waals surface area contributed by atoms with Gasteiger partial charge in [-0.05, 0) is 66.6 Å². The monoisotopic (exact) mass is 282 g/mol. The molecule has 4 aliphatic carbocycles. The maximum atomic E-state index is 11.6. The summed E-state index contributed by atoms with van der Waals surface area (Å²) >= 11 is 0. The van der Waals surface area contributed by atoms with Crippen LogP contribution in [0.3, 0.4) is 0 Å². The van der Waals surface area contributed by atoms with E-state index in [0.29, 0.717) is 47.3 Å². The van der Waals surface area contributed by atoms with Crippen molar-refractivity contribution in [3.63, 3.8) is 0 Å². The lowest BCUT2D eigenvalue weighted by molar-refractivity contribution is -0.0612. The van der Waals surface area contributed by atoms with E-state index in [2.05, 4.69) is 50.1 Å². The first-order chi connectivity index (χ1) is 10.2. The summed E-state index contributed by atoms with van der Waals surface area (Å²) in [6.45, 7) is 12.2. The van der Waals surface area contributed by atoms with Gasteiger partial charge in [-0.2, -0.15) is 0 Å². The molecule has 0 bridgehead atoms. The zero-order valence-electron chi connectivity index (χ0n) is 12.7. The summed E-state index contributed by atoms with van der Waals surface area (Å²) in [5.74, 6) is 3.99. The molecule has 112 valence electrons. The Morgan fingerprint density at radius 1 is 0.905 bits per heavy atom. The van der Waals surface area contributed by atoms with Crippen molar-refractivity contribution in [2.75, 3.05) is 0 Å². The molecule has 0 aromatic heterocycles. The molecule has 1 nitrogen and oxygen atoms in total. The Balaban J connectivity index is 1.85. The van der Waals surface area contributed by atoms with E-state index >= 15 is 0 Å². The van der Waals surface area contributed by atoms with Gasteiger partial charge in [-0.1, -0.05) is 30.4 Å². The molecule has 1 N–H and O–H groups in total. The molecule has 3 saturated carbocycles. The molecule has 0 aliphatic heterocycles. The number of hydrogen-bond acceptors (Lipinski definition) is 1. The molecule has 4 aliphatic rings. The highest BCUT2D eigenvalue weighted by Gasteiger charge is 2.69. The average molecular weight is 282 g/mol. The molecule has 0 unspecified atom stereocenters. The molecule has 0 aromatic rings. The zero-order chi connectivity index (χ0) is 14.8. The van der Waals surface area contributed by atoms with E-state index in [4.69, 9.17) is 0 Å². The van der Waals surface area contributed by atoms with Gasteiger partial charge < -0.3 is 5.11 Å². The number of allylic oxidation sites excluding steroid dienone is 4. The highest BCUT2D eigenvalue weighted by Crippen LogP contribution is 2.70. The van der Waals surface area contributed by atoms with Crippen LogP contribution in [0.5, 0.6) is 0 Å². The Bertz CT molecular complexity index is 518. The van der Waals surface area contributed by atoms with E-state index in [1.165, 1.54) is 6.42 Å². The van der Waals surface area contributed by atoms with Crippen LogP contribution in [0, 0.1) is 47.3 Å². The topological polar surface area (TPSA) is 20.2 Å². The van der Waals surface area contributed by atoms with Crippen molar-refractivity contribution in [1.29, 1.82) is 0 Å². The fourth-order valence-electron chi connectivity index (χ4n) is 6.67. The van der Waals surface area contributed by atoms with Crippen molar-refractivity contribution in [1.82, 2.24) is 0 Å². The Hall–Kier alpha value is -1.08. The maximum absolute atomic E-state index is 11.6. The second-order valence-electron chi connectivity index (χ2n) is 7.66. The van der Waals surface area contributed by atoms with Gasteiger partial charge in [-0.25, -0.2) is 0 Å². The third-order valence-electron chi connectivity index (χ3n) is 7.16. The minimum absolute atomic E-state index is 0.364. The van der Waals surface area contributed by atoms with Gasteiger partial charge >= 0.3 is 0 Å². The average Bonchev–Trinajstić information content (AvgIpc) is 3.12. The largest absolute Gasteiger partial charge is 0.389 e. The summed E-state index contributed by atoms with van der Waals surface area (Å²) in [6, 6.07) is 0. The molecular formula is C20H26O. The SMILES string of the molecule is C=C[C@@H]1C[C@H](C=C)[C@@H]2[C@H]1[C@@H]1[C@H]3[C@H](C=CC[C@@]32O)C[C@@H]1C=C. The van der Waals surface area contributed by atoms with E-state index in [1.54, 1.807) is 0 Å². The van der Waals surface area contributed by atoms with Crippen LogP contribution in [-0.2, 0) is 0 Å². The lowest BCUT2D eigenvalue weighted by Crippen LogP contribution is -2.45. The molecular weight excluding hydrogens is 256 g/mol. The summed E-state index contributed by atoms with van der Waals surface area (Å²) in [5, 5.41) is 11.6. The molecule has 0 amide bonds. The number of fused-ring (bicyclic) bond motifs is 3. The molecule has 0 aromatic carbocycles. The lowest BCUT2D eigenvalue weighted by atomic mass is 9.69. The van der Waals surface area contributed by atoms with Gasteiger partial charge in [0.25, 0.3) is 0 Å². The van der Waals surface area contributed by atoms with Gasteiger partial charge in [0, 0.05) is 0 Å². The summed E-state index contributed by atoms with van der Waals surface area (Å²) < 4.78 is 0. The first-order valence-electron chi connectivity index (χ1n) is 8.42. The fraction of sp³-hybridized carbons (Fsp3) is 0.600. The van der Waals surface area contributed by atoms with Crippen LogP contribution < -0.4 is 0 Å². The van der Waals surface area contributed by atoms with Gasteiger partial charge in [0.15, 0.2) is 0 Å². The van der Waals surface area contributed by atoms with Gasteiger partial charge in [-0.3, -0.25) is 0 Å². The molecule has 0 saturated heterocycles. The smallest absolute Gasteiger partial charge is 0.0755 e. The molecule has 3 fully saturated rings. The number of rotatable bonds is 3. The van der Waals surface area contributed by atoms with E-state index in [1.807, 2.05) is 0 Å². The highest BCUT2D eigenvalue weighted by atomic mass is 16.3. The van der Waals surface area contributed by atoms with Crippen LogP contribution in [0.15, 0.2) is 50.1 Å². The molecule has 0 spiro atoms. The Morgan fingerprint density at radius 3 is 2.19 bits per heavy atom. The van der Waals surface area contributed by atoms with Crippen LogP contribution in [0.1, 0.15) is 19.3 Å². The minimum Gasteiger partial charge on any atom is -0.389 e. The van der Waals surface area contributed by atoms with Crippen LogP contribution in [0.25, 0.3) is 0 Å². The molecule has 1 heteroatoms. The molecule has 21 heavy (non-hydrogen) atoms. The lowest BCUT2D eigenvalue weighted by Gasteiger charge is -2.41. The van der Waals surface area contributed by atoms with Crippen molar-refractivity contribution in [2.24, 2.45) is 47.3 Å². The molecule has 9 atom stereocenters. The number of aliphatic hydroxyl groups is 1. The van der Waals surface area contributed by atoms with E-state index < -0.39 is 5.60 Å². The van der Waals surface area contributed by atoms with Gasteiger partial charge in [-0.15, -0.1) is 19.7 Å². The highest BCUT2D eigenvalue weighted by molar-refractivity contribution is 5.27. The second-order valence-corrected chi connectivity index (χ2v) is 7.66. The number of hydrogen-bond donors (Lipinski definition) is 1. The predicted octanol–water partition coefficient (Wildman–Crippen LogP) is 3.99. The fourth-order valence-corrected chi connectivity index (χ4v) is 6.67. The first kappa shape index (κ1) is 13.6. The van der Waals surface area contributed by atoms with Crippen molar-refractivity contribution >= 4 is 0 Å². The maximum Gasteiger partial charge on any atom is 0.0755 e. The van der Waals surface area contributed by atoms with Crippen LogP contribution in [0.2, 0.25) is 0 Å². The quantitative estimate of drug-likeness (QED) is 0.776. The van der Waals surface area contributed by atoms with E-state index in [0.717, 1.165) is 12.8 Å². The standard InChI is InChI=1S/C20H26O/c1-4-12-10-14(6-3)18-16(12)17-13(5-2)11-15-8-7-9-20(18,21)19(15)17/h4-8,12-19,21H,1-3,9-11H2/t12-,13+,14+,15-,16-,17-,18-,19-,20+/m1/s1. The first-order valence-corrected chi connectivity index (χ1v) is 8.42. The third-order valence-corrected chi connectivity index (χ3v) is 7.16. The molecule has 0 heterocycles. The summed E-state index contributed by atoms with van der Waals surface area (Å²) in [4.78, 5) is 0. The zero-order valence-corrected chi connectivity index (χ0v) is 12.7. The summed E-state index contributed by atoms with van der Waals surface area (Å²) in [6.07, 6.45) is 14.1. The Morgan fingerprint density at radius 2 is 1.52 bits per heavy atom. The molecule has 0 radical (unpaired) electrons. The van der Waals surface area contributed by atoms with Crippen LogP contribution in [-0.4, -0.2) is 10.7 Å². The van der Waals surface area contributed by atoms with Gasteiger partial charge in [0.05, 0.1) is 5.60 Å². The van der Waals surface area contributed by atoms with Crippen molar-refractivity contribution in [2.45, 2.75) is 24.9 Å². The summed E-state index contributed by atoms with van der Waals surface area (Å²) in [7, 11) is 0. The third kappa shape index (κ3) is 1.51. The summed E-state index contributed by atoms with van der Waals surface area (Å²) in [5.41, 5.74) is -0.525.